The number of rotatable bonds is 2. The Morgan fingerprint density at radius 3 is 2.54 bits per heavy atom. The van der Waals surface area contributed by atoms with E-state index in [1.165, 1.54) is 18.5 Å². The summed E-state index contributed by atoms with van der Waals surface area (Å²) in [7, 11) is 0. The average Bonchev–Trinajstić information content (AvgIpc) is 2.53. The van der Waals surface area contributed by atoms with Crippen LogP contribution in [-0.4, -0.2) is 21.0 Å². The monoisotopic (exact) mass is 336 g/mol. The van der Waals surface area contributed by atoms with Crippen LogP contribution in [0.2, 0.25) is 0 Å². The molecule has 0 saturated carbocycles. The molecule has 0 saturated heterocycles. The lowest BCUT2D eigenvalue weighted by molar-refractivity contribution is -0.139. The van der Waals surface area contributed by atoms with Crippen molar-refractivity contribution in [3.05, 3.63) is 59.7 Å². The van der Waals surface area contributed by atoms with Gasteiger partial charge in [-0.2, -0.15) is 13.2 Å². The zero-order valence-electron chi connectivity index (χ0n) is 11.8. The second-order valence-corrected chi connectivity index (χ2v) is 4.95. The SMILES string of the molecule is O=C(O)c1cc(-c2ccc(F)c(C(F)(F)F)c2)nc2ccncc12. The average molecular weight is 336 g/mol. The van der Waals surface area contributed by atoms with Gasteiger partial charge in [-0.25, -0.2) is 14.2 Å². The molecule has 4 nitrogen and oxygen atoms in total. The Balaban J connectivity index is 2.25. The number of carboxylic acid groups (broad SMARTS) is 1. The van der Waals surface area contributed by atoms with Gasteiger partial charge in [0.1, 0.15) is 5.82 Å². The largest absolute Gasteiger partial charge is 0.478 e. The summed E-state index contributed by atoms with van der Waals surface area (Å²) in [6.45, 7) is 0. The molecule has 0 amide bonds. The van der Waals surface area contributed by atoms with Crippen molar-refractivity contribution in [1.82, 2.24) is 9.97 Å². The van der Waals surface area contributed by atoms with Crippen LogP contribution in [0, 0.1) is 5.82 Å². The summed E-state index contributed by atoms with van der Waals surface area (Å²) in [5.74, 6) is -2.68. The first-order chi connectivity index (χ1) is 11.3. The number of pyridine rings is 2. The lowest BCUT2D eigenvalue weighted by Crippen LogP contribution is -2.08. The first-order valence-electron chi connectivity index (χ1n) is 6.62. The molecule has 2 aromatic heterocycles. The van der Waals surface area contributed by atoms with E-state index in [2.05, 4.69) is 9.97 Å². The van der Waals surface area contributed by atoms with E-state index in [1.54, 1.807) is 0 Å². The number of hydrogen-bond acceptors (Lipinski definition) is 3. The van der Waals surface area contributed by atoms with E-state index in [0.29, 0.717) is 12.1 Å². The molecule has 0 aliphatic rings. The summed E-state index contributed by atoms with van der Waals surface area (Å²) in [4.78, 5) is 19.3. The van der Waals surface area contributed by atoms with Crippen molar-refractivity contribution in [3.8, 4) is 11.3 Å². The third kappa shape index (κ3) is 2.78. The number of nitrogens with zero attached hydrogens (tertiary/aromatic N) is 2. The number of aromatic nitrogens is 2. The van der Waals surface area contributed by atoms with Gasteiger partial charge < -0.3 is 5.11 Å². The highest BCUT2D eigenvalue weighted by molar-refractivity contribution is 6.03. The van der Waals surface area contributed by atoms with Crippen LogP contribution in [0.4, 0.5) is 17.6 Å². The maximum Gasteiger partial charge on any atom is 0.419 e. The lowest BCUT2D eigenvalue weighted by atomic mass is 10.0. The number of aromatic carboxylic acids is 1. The maximum absolute atomic E-state index is 13.4. The number of hydrogen-bond donors (Lipinski definition) is 1. The molecular weight excluding hydrogens is 328 g/mol. The standard InChI is InChI=1S/C16H8F4N2O2/c17-12-2-1-8(5-11(12)16(18,19)20)14-6-9(15(23)24)10-7-21-4-3-13(10)22-14/h1-7H,(H,23,24). The van der Waals surface area contributed by atoms with Crippen LogP contribution in [0.3, 0.4) is 0 Å². The van der Waals surface area contributed by atoms with Gasteiger partial charge in [0.25, 0.3) is 0 Å². The Labute approximate surface area is 132 Å². The summed E-state index contributed by atoms with van der Waals surface area (Å²) >= 11 is 0. The van der Waals surface area contributed by atoms with Gasteiger partial charge in [0, 0.05) is 23.3 Å². The second kappa shape index (κ2) is 5.55. The normalized spacial score (nSPS) is 11.7. The summed E-state index contributed by atoms with van der Waals surface area (Å²) in [6.07, 6.45) is -2.17. The van der Waals surface area contributed by atoms with Gasteiger partial charge in [-0.3, -0.25) is 4.98 Å². The van der Waals surface area contributed by atoms with Gasteiger partial charge in [0.2, 0.25) is 0 Å². The van der Waals surface area contributed by atoms with Crippen molar-refractivity contribution >= 4 is 16.9 Å². The quantitative estimate of drug-likeness (QED) is 0.714. The molecule has 0 aliphatic heterocycles. The highest BCUT2D eigenvalue weighted by atomic mass is 19.4. The molecule has 8 heteroatoms. The van der Waals surface area contributed by atoms with Gasteiger partial charge in [0.15, 0.2) is 0 Å². The van der Waals surface area contributed by atoms with E-state index in [1.807, 2.05) is 0 Å². The first-order valence-corrected chi connectivity index (χ1v) is 6.62. The predicted octanol–water partition coefficient (Wildman–Crippen LogP) is 4.15. The van der Waals surface area contributed by atoms with Crippen LogP contribution in [0.15, 0.2) is 42.7 Å². The molecule has 1 aromatic carbocycles. The Morgan fingerprint density at radius 2 is 1.88 bits per heavy atom. The minimum atomic E-state index is -4.86. The zero-order chi connectivity index (χ0) is 17.5. The van der Waals surface area contributed by atoms with Gasteiger partial charge in [-0.1, -0.05) is 0 Å². The maximum atomic E-state index is 13.4. The van der Waals surface area contributed by atoms with Crippen LogP contribution in [0.25, 0.3) is 22.2 Å². The Morgan fingerprint density at radius 1 is 1.12 bits per heavy atom. The van der Waals surface area contributed by atoms with Crippen molar-refractivity contribution in [2.45, 2.75) is 6.18 Å². The molecule has 0 atom stereocenters. The number of fused-ring (bicyclic) bond motifs is 1. The molecule has 0 bridgehead atoms. The van der Waals surface area contributed by atoms with Gasteiger partial charge in [0.05, 0.1) is 22.3 Å². The number of carbonyl (C=O) groups is 1. The smallest absolute Gasteiger partial charge is 0.419 e. The molecule has 0 radical (unpaired) electrons. The highest BCUT2D eigenvalue weighted by Crippen LogP contribution is 2.34. The van der Waals surface area contributed by atoms with E-state index in [4.69, 9.17) is 0 Å². The van der Waals surface area contributed by atoms with E-state index >= 15 is 0 Å². The third-order valence-electron chi connectivity index (χ3n) is 3.41. The summed E-state index contributed by atoms with van der Waals surface area (Å²) in [6, 6.07) is 4.98. The number of halogens is 4. The highest BCUT2D eigenvalue weighted by Gasteiger charge is 2.34. The van der Waals surface area contributed by atoms with Crippen LogP contribution >= 0.6 is 0 Å². The molecule has 24 heavy (non-hydrogen) atoms. The van der Waals surface area contributed by atoms with Crippen LogP contribution in [-0.2, 0) is 6.18 Å². The fourth-order valence-corrected chi connectivity index (χ4v) is 2.30. The summed E-state index contributed by atoms with van der Waals surface area (Å²) in [5, 5.41) is 9.54. The molecule has 3 aromatic rings. The van der Waals surface area contributed by atoms with Crippen LogP contribution in [0.1, 0.15) is 15.9 Å². The van der Waals surface area contributed by atoms with Gasteiger partial charge >= 0.3 is 12.1 Å². The fraction of sp³-hybridized carbons (Fsp3) is 0.0625. The third-order valence-corrected chi connectivity index (χ3v) is 3.41. The van der Waals surface area contributed by atoms with E-state index in [0.717, 1.165) is 12.1 Å². The van der Waals surface area contributed by atoms with Crippen molar-refractivity contribution in [2.75, 3.05) is 0 Å². The van der Waals surface area contributed by atoms with Gasteiger partial charge in [-0.15, -0.1) is 0 Å². The molecule has 3 rings (SSSR count). The second-order valence-electron chi connectivity index (χ2n) is 4.95. The molecule has 0 aliphatic carbocycles. The Bertz CT molecular complexity index is 954. The molecule has 0 fully saturated rings. The lowest BCUT2D eigenvalue weighted by Gasteiger charge is -2.11. The number of carboxylic acids is 1. The topological polar surface area (TPSA) is 63.1 Å². The molecule has 2 heterocycles. The van der Waals surface area contributed by atoms with Crippen molar-refractivity contribution in [1.29, 1.82) is 0 Å². The fourth-order valence-electron chi connectivity index (χ4n) is 2.30. The molecular formula is C16H8F4N2O2. The molecule has 122 valence electrons. The number of alkyl halides is 3. The zero-order valence-corrected chi connectivity index (χ0v) is 11.8. The van der Waals surface area contributed by atoms with Crippen molar-refractivity contribution in [3.63, 3.8) is 0 Å². The minimum absolute atomic E-state index is 0.00315. The van der Waals surface area contributed by atoms with Crippen LogP contribution < -0.4 is 0 Å². The van der Waals surface area contributed by atoms with E-state index < -0.39 is 23.5 Å². The van der Waals surface area contributed by atoms with Crippen molar-refractivity contribution < 1.29 is 27.5 Å². The predicted molar refractivity (Wildman–Crippen MR) is 76.9 cm³/mol. The van der Waals surface area contributed by atoms with Gasteiger partial charge in [-0.05, 0) is 30.3 Å². The number of benzene rings is 1. The molecule has 1 N–H and O–H groups in total. The summed E-state index contributed by atoms with van der Waals surface area (Å²) in [5.41, 5.74) is -1.37. The molecule has 0 unspecified atom stereocenters. The van der Waals surface area contributed by atoms with Crippen LogP contribution in [0.5, 0.6) is 0 Å². The van der Waals surface area contributed by atoms with E-state index in [-0.39, 0.29) is 27.7 Å². The van der Waals surface area contributed by atoms with E-state index in [9.17, 15) is 27.5 Å². The minimum Gasteiger partial charge on any atom is -0.478 e. The van der Waals surface area contributed by atoms with Crippen molar-refractivity contribution in [2.24, 2.45) is 0 Å². The Hall–Kier alpha value is -3.03. The first kappa shape index (κ1) is 15.9. The summed E-state index contributed by atoms with van der Waals surface area (Å²) < 4.78 is 51.9. The molecule has 0 spiro atoms. The Kier molecular flexibility index (Phi) is 3.67.